The van der Waals surface area contributed by atoms with Crippen molar-refractivity contribution < 1.29 is 34.4 Å². The standard InChI is InChI=1S/C20H26N2O3.C2H2O4/c1-24-18-12-17(13-19(25-2)20(18)23)15-22-10-8-21(9-11-22)14-16-6-4-3-5-7-16;3-1(4)2(5)6/h3-7,12-13,23H,8-11,14-15H2,1-2H3;(H,3,4)(H,5,6). The first-order valence-electron chi connectivity index (χ1n) is 9.72. The van der Waals surface area contributed by atoms with Gasteiger partial charge in [-0.3, -0.25) is 9.80 Å². The van der Waals surface area contributed by atoms with E-state index >= 15 is 0 Å². The Morgan fingerprint density at radius 2 is 1.23 bits per heavy atom. The van der Waals surface area contributed by atoms with E-state index in [0.717, 1.165) is 44.8 Å². The van der Waals surface area contributed by atoms with Crippen molar-refractivity contribution >= 4 is 11.9 Å². The van der Waals surface area contributed by atoms with E-state index < -0.39 is 11.9 Å². The number of hydrogen-bond acceptors (Lipinski definition) is 7. The van der Waals surface area contributed by atoms with Gasteiger partial charge in [0.05, 0.1) is 14.2 Å². The number of methoxy groups -OCH3 is 2. The molecule has 0 unspecified atom stereocenters. The number of phenolic OH excluding ortho intramolecular Hbond substituents is 1. The second kappa shape index (κ2) is 11.8. The lowest BCUT2D eigenvalue weighted by Gasteiger charge is -2.34. The minimum atomic E-state index is -1.82. The number of benzene rings is 2. The van der Waals surface area contributed by atoms with Crippen molar-refractivity contribution in [2.45, 2.75) is 13.1 Å². The van der Waals surface area contributed by atoms with E-state index in [1.807, 2.05) is 12.1 Å². The minimum absolute atomic E-state index is 0.0569. The first-order valence-corrected chi connectivity index (χ1v) is 9.72. The summed E-state index contributed by atoms with van der Waals surface area (Å²) >= 11 is 0. The number of rotatable bonds is 6. The number of aliphatic carboxylic acids is 2. The fourth-order valence-corrected chi connectivity index (χ4v) is 3.24. The van der Waals surface area contributed by atoms with Gasteiger partial charge < -0.3 is 24.8 Å². The number of nitrogens with zero attached hydrogens (tertiary/aromatic N) is 2. The zero-order chi connectivity index (χ0) is 22.8. The third-order valence-corrected chi connectivity index (χ3v) is 4.84. The Balaban J connectivity index is 0.000000501. The third kappa shape index (κ3) is 7.47. The molecule has 1 saturated heterocycles. The Labute approximate surface area is 181 Å². The van der Waals surface area contributed by atoms with Gasteiger partial charge >= 0.3 is 11.9 Å². The van der Waals surface area contributed by atoms with E-state index in [-0.39, 0.29) is 5.75 Å². The number of piperazine rings is 1. The van der Waals surface area contributed by atoms with Crippen molar-refractivity contribution in [2.75, 3.05) is 40.4 Å². The lowest BCUT2D eigenvalue weighted by atomic mass is 10.1. The lowest BCUT2D eigenvalue weighted by molar-refractivity contribution is -0.159. The summed E-state index contributed by atoms with van der Waals surface area (Å²) in [5.74, 6) is -2.68. The molecule has 3 N–H and O–H groups in total. The van der Waals surface area contributed by atoms with Crippen molar-refractivity contribution in [1.29, 1.82) is 0 Å². The van der Waals surface area contributed by atoms with Crippen molar-refractivity contribution in [3.05, 3.63) is 53.6 Å². The van der Waals surface area contributed by atoms with Crippen LogP contribution in [0, 0.1) is 0 Å². The van der Waals surface area contributed by atoms with Gasteiger partial charge in [0.15, 0.2) is 11.5 Å². The largest absolute Gasteiger partial charge is 0.502 e. The molecule has 3 rings (SSSR count). The number of hydrogen-bond donors (Lipinski definition) is 3. The molecular formula is C22H28N2O7. The van der Waals surface area contributed by atoms with Crippen LogP contribution in [-0.2, 0) is 22.7 Å². The maximum Gasteiger partial charge on any atom is 0.414 e. The van der Waals surface area contributed by atoms with Crippen LogP contribution in [0.5, 0.6) is 17.2 Å². The summed E-state index contributed by atoms with van der Waals surface area (Å²) in [5, 5.41) is 24.8. The van der Waals surface area contributed by atoms with Crippen LogP contribution < -0.4 is 9.47 Å². The molecule has 1 aliphatic rings. The van der Waals surface area contributed by atoms with Crippen LogP contribution in [0.25, 0.3) is 0 Å². The Morgan fingerprint density at radius 3 is 1.61 bits per heavy atom. The van der Waals surface area contributed by atoms with Crippen LogP contribution in [0.15, 0.2) is 42.5 Å². The van der Waals surface area contributed by atoms with Gasteiger partial charge in [0.2, 0.25) is 5.75 Å². The van der Waals surface area contributed by atoms with E-state index in [4.69, 9.17) is 29.3 Å². The van der Waals surface area contributed by atoms with Gasteiger partial charge in [0.1, 0.15) is 0 Å². The van der Waals surface area contributed by atoms with Crippen LogP contribution >= 0.6 is 0 Å². The quantitative estimate of drug-likeness (QED) is 0.588. The molecule has 0 aromatic heterocycles. The first kappa shape index (κ1) is 24.0. The van der Waals surface area contributed by atoms with Crippen LogP contribution in [0.2, 0.25) is 0 Å². The highest BCUT2D eigenvalue weighted by atomic mass is 16.5. The number of carbonyl (C=O) groups is 2. The summed E-state index contributed by atoms with van der Waals surface area (Å²) < 4.78 is 10.5. The molecule has 0 radical (unpaired) electrons. The van der Waals surface area contributed by atoms with Gasteiger partial charge in [0.25, 0.3) is 0 Å². The second-order valence-corrected chi connectivity index (χ2v) is 7.00. The summed E-state index contributed by atoms with van der Waals surface area (Å²) in [4.78, 5) is 23.1. The van der Waals surface area contributed by atoms with E-state index in [1.165, 1.54) is 5.56 Å². The summed E-state index contributed by atoms with van der Waals surface area (Å²) in [6.45, 7) is 6.00. The average molecular weight is 432 g/mol. The summed E-state index contributed by atoms with van der Waals surface area (Å²) in [6, 6.07) is 14.4. The third-order valence-electron chi connectivity index (χ3n) is 4.84. The van der Waals surface area contributed by atoms with Gasteiger partial charge in [-0.1, -0.05) is 30.3 Å². The van der Waals surface area contributed by atoms with E-state index in [1.54, 1.807) is 14.2 Å². The molecule has 1 heterocycles. The minimum Gasteiger partial charge on any atom is -0.502 e. The molecule has 0 saturated carbocycles. The zero-order valence-electron chi connectivity index (χ0n) is 17.7. The SMILES string of the molecule is COc1cc(CN2CCN(Cc3ccccc3)CC2)cc(OC)c1O.O=C(O)C(=O)O. The highest BCUT2D eigenvalue weighted by Gasteiger charge is 2.19. The molecule has 9 nitrogen and oxygen atoms in total. The van der Waals surface area contributed by atoms with Gasteiger partial charge in [0, 0.05) is 39.3 Å². The van der Waals surface area contributed by atoms with E-state index in [9.17, 15) is 5.11 Å². The molecule has 9 heteroatoms. The van der Waals surface area contributed by atoms with Crippen LogP contribution in [0.1, 0.15) is 11.1 Å². The van der Waals surface area contributed by atoms with Crippen molar-refractivity contribution in [3.63, 3.8) is 0 Å². The Bertz CT molecular complexity index is 828. The second-order valence-electron chi connectivity index (χ2n) is 7.00. The molecule has 0 amide bonds. The summed E-state index contributed by atoms with van der Waals surface area (Å²) in [6.07, 6.45) is 0. The fraction of sp³-hybridized carbons (Fsp3) is 0.364. The maximum atomic E-state index is 10.0. The highest BCUT2D eigenvalue weighted by molar-refractivity contribution is 6.27. The van der Waals surface area contributed by atoms with Crippen LogP contribution in [0.3, 0.4) is 0 Å². The molecular weight excluding hydrogens is 404 g/mol. The predicted molar refractivity (Wildman–Crippen MR) is 113 cm³/mol. The molecule has 1 aliphatic heterocycles. The average Bonchev–Trinajstić information content (AvgIpc) is 2.77. The van der Waals surface area contributed by atoms with Gasteiger partial charge in [-0.15, -0.1) is 0 Å². The topological polar surface area (TPSA) is 120 Å². The molecule has 2 aromatic rings. The van der Waals surface area contributed by atoms with Crippen LogP contribution in [0.4, 0.5) is 0 Å². The number of ether oxygens (including phenoxy) is 2. The molecule has 0 atom stereocenters. The number of aromatic hydroxyl groups is 1. The van der Waals surface area contributed by atoms with Crippen molar-refractivity contribution in [1.82, 2.24) is 9.80 Å². The molecule has 2 aromatic carbocycles. The molecule has 1 fully saturated rings. The van der Waals surface area contributed by atoms with Gasteiger partial charge in [-0.25, -0.2) is 9.59 Å². The number of carboxylic acid groups (broad SMARTS) is 2. The molecule has 31 heavy (non-hydrogen) atoms. The number of carboxylic acids is 2. The summed E-state index contributed by atoms with van der Waals surface area (Å²) in [7, 11) is 3.11. The fourth-order valence-electron chi connectivity index (χ4n) is 3.24. The molecule has 0 bridgehead atoms. The van der Waals surface area contributed by atoms with E-state index in [2.05, 4.69) is 40.1 Å². The number of phenols is 1. The smallest absolute Gasteiger partial charge is 0.414 e. The molecule has 0 spiro atoms. The Hall–Kier alpha value is -3.30. The van der Waals surface area contributed by atoms with Crippen LogP contribution in [-0.4, -0.2) is 77.5 Å². The Kier molecular flexibility index (Phi) is 9.11. The first-order chi connectivity index (χ1) is 14.8. The van der Waals surface area contributed by atoms with Crippen molar-refractivity contribution in [2.24, 2.45) is 0 Å². The monoisotopic (exact) mass is 432 g/mol. The normalized spacial score (nSPS) is 14.3. The maximum absolute atomic E-state index is 10.0. The molecule has 168 valence electrons. The van der Waals surface area contributed by atoms with Gasteiger partial charge in [-0.05, 0) is 23.3 Å². The molecule has 0 aliphatic carbocycles. The predicted octanol–water partition coefficient (Wildman–Crippen LogP) is 1.88. The summed E-state index contributed by atoms with van der Waals surface area (Å²) in [5.41, 5.74) is 2.45. The van der Waals surface area contributed by atoms with E-state index in [0.29, 0.717) is 11.5 Å². The highest BCUT2D eigenvalue weighted by Crippen LogP contribution is 2.37. The zero-order valence-corrected chi connectivity index (χ0v) is 17.7. The Morgan fingerprint density at radius 1 is 0.806 bits per heavy atom. The van der Waals surface area contributed by atoms with Crippen molar-refractivity contribution in [3.8, 4) is 17.2 Å². The lowest BCUT2D eigenvalue weighted by Crippen LogP contribution is -2.45. The van der Waals surface area contributed by atoms with Gasteiger partial charge in [-0.2, -0.15) is 0 Å².